The van der Waals surface area contributed by atoms with Crippen molar-refractivity contribution in [2.75, 3.05) is 0 Å². The molecular weight excluding hydrogens is 224 g/mol. The van der Waals surface area contributed by atoms with Crippen molar-refractivity contribution in [3.63, 3.8) is 0 Å². The Morgan fingerprint density at radius 1 is 1.22 bits per heavy atom. The van der Waals surface area contributed by atoms with Gasteiger partial charge in [-0.15, -0.1) is 0 Å². The van der Waals surface area contributed by atoms with E-state index in [9.17, 15) is 9.59 Å². The van der Waals surface area contributed by atoms with Gasteiger partial charge in [0.25, 0.3) is 0 Å². The number of ketones is 2. The molecule has 96 valence electrons. The Bertz CT molecular complexity index is 443. The first-order valence-corrected chi connectivity index (χ1v) is 6.74. The molecule has 0 heterocycles. The first-order chi connectivity index (χ1) is 8.58. The van der Waals surface area contributed by atoms with Crippen LogP contribution in [0.5, 0.6) is 0 Å². The van der Waals surface area contributed by atoms with Crippen molar-refractivity contribution in [1.82, 2.24) is 0 Å². The molecule has 2 rings (SSSR count). The van der Waals surface area contributed by atoms with Crippen molar-refractivity contribution in [2.45, 2.75) is 45.4 Å². The van der Waals surface area contributed by atoms with Crippen molar-refractivity contribution in [3.8, 4) is 0 Å². The van der Waals surface area contributed by atoms with Crippen molar-refractivity contribution in [1.29, 1.82) is 0 Å². The molecule has 1 aromatic carbocycles. The highest BCUT2D eigenvalue weighted by atomic mass is 16.1. The Hall–Kier alpha value is -1.44. The van der Waals surface area contributed by atoms with Crippen LogP contribution in [0.15, 0.2) is 24.3 Å². The van der Waals surface area contributed by atoms with Gasteiger partial charge in [0.05, 0.1) is 0 Å². The van der Waals surface area contributed by atoms with Gasteiger partial charge >= 0.3 is 0 Å². The molecule has 1 atom stereocenters. The highest BCUT2D eigenvalue weighted by Gasteiger charge is 2.26. The van der Waals surface area contributed by atoms with Crippen LogP contribution in [-0.4, -0.2) is 11.6 Å². The summed E-state index contributed by atoms with van der Waals surface area (Å²) in [6, 6.07) is 7.83. The molecule has 0 saturated heterocycles. The highest BCUT2D eigenvalue weighted by molar-refractivity contribution is 6.00. The van der Waals surface area contributed by atoms with E-state index in [1.807, 2.05) is 24.3 Å². The third-order valence-electron chi connectivity index (χ3n) is 3.71. The zero-order valence-corrected chi connectivity index (χ0v) is 11.1. The van der Waals surface area contributed by atoms with Crippen LogP contribution in [0.25, 0.3) is 0 Å². The van der Waals surface area contributed by atoms with E-state index in [1.165, 1.54) is 5.56 Å². The van der Waals surface area contributed by atoms with Crippen LogP contribution in [-0.2, 0) is 4.79 Å². The Balaban J connectivity index is 2.10. The maximum absolute atomic E-state index is 12.3. The minimum absolute atomic E-state index is 0.0869. The van der Waals surface area contributed by atoms with E-state index < -0.39 is 0 Å². The molecule has 1 fully saturated rings. The first kappa shape index (κ1) is 13.0. The molecule has 1 saturated carbocycles. The summed E-state index contributed by atoms with van der Waals surface area (Å²) in [5.74, 6) is 0.762. The maximum atomic E-state index is 12.3. The minimum Gasteiger partial charge on any atom is -0.300 e. The number of benzene rings is 1. The van der Waals surface area contributed by atoms with Crippen LogP contribution in [0.2, 0.25) is 0 Å². The predicted molar refractivity (Wildman–Crippen MR) is 71.8 cm³/mol. The van der Waals surface area contributed by atoms with Crippen LogP contribution in [0.3, 0.4) is 0 Å². The molecule has 2 heteroatoms. The normalized spacial score (nSPS) is 20.2. The Kier molecular flexibility index (Phi) is 3.95. The van der Waals surface area contributed by atoms with E-state index in [2.05, 4.69) is 13.8 Å². The molecular formula is C16H20O2. The molecule has 1 aromatic rings. The van der Waals surface area contributed by atoms with Crippen molar-refractivity contribution < 1.29 is 9.59 Å². The molecule has 18 heavy (non-hydrogen) atoms. The average Bonchev–Trinajstić information content (AvgIpc) is 2.38. The second-order valence-electron chi connectivity index (χ2n) is 5.47. The van der Waals surface area contributed by atoms with Gasteiger partial charge < -0.3 is 0 Å². The number of carbonyl (C=O) groups is 2. The minimum atomic E-state index is -0.0869. The number of hydrogen-bond acceptors (Lipinski definition) is 2. The lowest BCUT2D eigenvalue weighted by Crippen LogP contribution is -2.22. The molecule has 0 spiro atoms. The van der Waals surface area contributed by atoms with E-state index in [0.717, 1.165) is 18.4 Å². The fourth-order valence-corrected chi connectivity index (χ4v) is 2.52. The second kappa shape index (κ2) is 5.47. The lowest BCUT2D eigenvalue weighted by atomic mass is 9.83. The van der Waals surface area contributed by atoms with Gasteiger partial charge in [-0.3, -0.25) is 9.59 Å². The Morgan fingerprint density at radius 2 is 1.89 bits per heavy atom. The third kappa shape index (κ3) is 2.87. The topological polar surface area (TPSA) is 34.1 Å². The SMILES string of the molecule is CC(C)c1ccc(C(=O)C2CCCC(=O)C2)cc1. The van der Waals surface area contributed by atoms with E-state index in [-0.39, 0.29) is 17.5 Å². The largest absolute Gasteiger partial charge is 0.300 e. The van der Waals surface area contributed by atoms with E-state index in [0.29, 0.717) is 18.8 Å². The van der Waals surface area contributed by atoms with Crippen LogP contribution in [0.4, 0.5) is 0 Å². The van der Waals surface area contributed by atoms with Crippen LogP contribution in [0, 0.1) is 5.92 Å². The lowest BCUT2D eigenvalue weighted by molar-refractivity contribution is -0.121. The van der Waals surface area contributed by atoms with Crippen molar-refractivity contribution in [3.05, 3.63) is 35.4 Å². The molecule has 2 nitrogen and oxygen atoms in total. The van der Waals surface area contributed by atoms with Gasteiger partial charge in [0.1, 0.15) is 5.78 Å². The van der Waals surface area contributed by atoms with Gasteiger partial charge in [-0.25, -0.2) is 0 Å². The summed E-state index contributed by atoms with van der Waals surface area (Å²) < 4.78 is 0. The summed E-state index contributed by atoms with van der Waals surface area (Å²) in [6.45, 7) is 4.27. The van der Waals surface area contributed by atoms with Crippen LogP contribution >= 0.6 is 0 Å². The first-order valence-electron chi connectivity index (χ1n) is 6.74. The molecule has 1 aliphatic carbocycles. The molecule has 0 N–H and O–H groups in total. The maximum Gasteiger partial charge on any atom is 0.166 e. The average molecular weight is 244 g/mol. The number of rotatable bonds is 3. The standard InChI is InChI=1S/C16H20O2/c1-11(2)12-6-8-13(9-7-12)16(18)14-4-3-5-15(17)10-14/h6-9,11,14H,3-5,10H2,1-2H3. The molecule has 0 bridgehead atoms. The van der Waals surface area contributed by atoms with Crippen molar-refractivity contribution >= 4 is 11.6 Å². The van der Waals surface area contributed by atoms with Gasteiger partial charge in [-0.1, -0.05) is 38.1 Å². The summed E-state index contributed by atoms with van der Waals surface area (Å²) >= 11 is 0. The van der Waals surface area contributed by atoms with Gasteiger partial charge in [0.15, 0.2) is 5.78 Å². The van der Waals surface area contributed by atoms with Gasteiger partial charge in [-0.05, 0) is 24.3 Å². The van der Waals surface area contributed by atoms with E-state index >= 15 is 0 Å². The smallest absolute Gasteiger partial charge is 0.166 e. The summed E-state index contributed by atoms with van der Waals surface area (Å²) in [7, 11) is 0. The Labute approximate surface area is 108 Å². The molecule has 0 aliphatic heterocycles. The number of Topliss-reactive ketones (excluding diaryl/α,β-unsaturated/α-hetero) is 2. The van der Waals surface area contributed by atoms with E-state index in [4.69, 9.17) is 0 Å². The number of hydrogen-bond donors (Lipinski definition) is 0. The molecule has 0 radical (unpaired) electrons. The fraction of sp³-hybridized carbons (Fsp3) is 0.500. The lowest BCUT2D eigenvalue weighted by Gasteiger charge is -2.19. The zero-order valence-electron chi connectivity index (χ0n) is 11.1. The Morgan fingerprint density at radius 3 is 2.44 bits per heavy atom. The molecule has 1 aliphatic rings. The predicted octanol–water partition coefficient (Wildman–Crippen LogP) is 3.75. The number of carbonyl (C=O) groups excluding carboxylic acids is 2. The van der Waals surface area contributed by atoms with E-state index in [1.54, 1.807) is 0 Å². The molecule has 0 amide bonds. The summed E-state index contributed by atoms with van der Waals surface area (Å²) in [5.41, 5.74) is 1.99. The quantitative estimate of drug-likeness (QED) is 0.759. The molecule has 1 unspecified atom stereocenters. The summed E-state index contributed by atoms with van der Waals surface area (Å²) in [6.07, 6.45) is 2.80. The fourth-order valence-electron chi connectivity index (χ4n) is 2.52. The van der Waals surface area contributed by atoms with Crippen LogP contribution in [0.1, 0.15) is 61.4 Å². The molecule has 0 aromatic heterocycles. The monoisotopic (exact) mass is 244 g/mol. The zero-order chi connectivity index (χ0) is 13.1. The van der Waals surface area contributed by atoms with Gasteiger partial charge in [0.2, 0.25) is 0 Å². The van der Waals surface area contributed by atoms with Gasteiger partial charge in [0, 0.05) is 24.3 Å². The summed E-state index contributed by atoms with van der Waals surface area (Å²) in [5, 5.41) is 0. The summed E-state index contributed by atoms with van der Waals surface area (Å²) in [4.78, 5) is 23.7. The second-order valence-corrected chi connectivity index (χ2v) is 5.47. The third-order valence-corrected chi connectivity index (χ3v) is 3.71. The van der Waals surface area contributed by atoms with Crippen molar-refractivity contribution in [2.24, 2.45) is 5.92 Å². The highest BCUT2D eigenvalue weighted by Crippen LogP contribution is 2.25. The van der Waals surface area contributed by atoms with Crippen LogP contribution < -0.4 is 0 Å². The van der Waals surface area contributed by atoms with Gasteiger partial charge in [-0.2, -0.15) is 0 Å².